The third-order valence-electron chi connectivity index (χ3n) is 4.01. The van der Waals surface area contributed by atoms with Crippen LogP contribution in [0.4, 0.5) is 0 Å². The molecule has 0 saturated carbocycles. The fraction of sp³-hybridized carbons (Fsp3) is 1.00. The predicted molar refractivity (Wildman–Crippen MR) is 73.2 cm³/mol. The van der Waals surface area contributed by atoms with Crippen molar-refractivity contribution in [2.45, 2.75) is 52.0 Å². The van der Waals surface area contributed by atoms with Crippen LogP contribution < -0.4 is 5.32 Å². The molecule has 0 aliphatic carbocycles. The lowest BCUT2D eigenvalue weighted by Crippen LogP contribution is -2.49. The molecule has 0 aromatic carbocycles. The topological polar surface area (TPSA) is 35.5 Å². The SMILES string of the molecule is CCCNC(C)(CO)CCN1CCC(C)CC1. The van der Waals surface area contributed by atoms with Gasteiger partial charge in [0.15, 0.2) is 0 Å². The van der Waals surface area contributed by atoms with Gasteiger partial charge in [-0.1, -0.05) is 13.8 Å². The van der Waals surface area contributed by atoms with Gasteiger partial charge in [0.1, 0.15) is 0 Å². The van der Waals surface area contributed by atoms with Crippen LogP contribution in [0.3, 0.4) is 0 Å². The number of aliphatic hydroxyl groups excluding tert-OH is 1. The van der Waals surface area contributed by atoms with Gasteiger partial charge in [0.2, 0.25) is 0 Å². The van der Waals surface area contributed by atoms with E-state index >= 15 is 0 Å². The van der Waals surface area contributed by atoms with Crippen molar-refractivity contribution in [1.82, 2.24) is 10.2 Å². The molecule has 3 heteroatoms. The Hall–Kier alpha value is -0.120. The summed E-state index contributed by atoms with van der Waals surface area (Å²) in [5, 5.41) is 13.0. The number of hydrogen-bond acceptors (Lipinski definition) is 3. The number of nitrogens with one attached hydrogen (secondary N) is 1. The highest BCUT2D eigenvalue weighted by atomic mass is 16.3. The van der Waals surface area contributed by atoms with Crippen molar-refractivity contribution in [2.24, 2.45) is 5.92 Å². The van der Waals surface area contributed by atoms with Crippen LogP contribution in [-0.4, -0.2) is 48.3 Å². The lowest BCUT2D eigenvalue weighted by atomic mass is 9.95. The number of nitrogens with zero attached hydrogens (tertiary/aromatic N) is 1. The van der Waals surface area contributed by atoms with Crippen LogP contribution in [0.25, 0.3) is 0 Å². The van der Waals surface area contributed by atoms with E-state index in [2.05, 4.69) is 31.0 Å². The highest BCUT2D eigenvalue weighted by Crippen LogP contribution is 2.18. The average molecular weight is 242 g/mol. The molecule has 102 valence electrons. The Morgan fingerprint density at radius 3 is 2.53 bits per heavy atom. The Morgan fingerprint density at radius 2 is 2.00 bits per heavy atom. The second-order valence-electron chi connectivity index (χ2n) is 5.92. The van der Waals surface area contributed by atoms with E-state index < -0.39 is 0 Å². The molecule has 1 heterocycles. The Balaban J connectivity index is 2.26. The van der Waals surface area contributed by atoms with Crippen molar-refractivity contribution < 1.29 is 5.11 Å². The Kier molecular flexibility index (Phi) is 6.45. The monoisotopic (exact) mass is 242 g/mol. The van der Waals surface area contributed by atoms with E-state index in [1.165, 1.54) is 25.9 Å². The zero-order valence-corrected chi connectivity index (χ0v) is 11.8. The summed E-state index contributed by atoms with van der Waals surface area (Å²) in [6.45, 7) is 11.4. The minimum Gasteiger partial charge on any atom is -0.394 e. The quantitative estimate of drug-likeness (QED) is 0.715. The fourth-order valence-corrected chi connectivity index (χ4v) is 2.34. The molecule has 1 atom stereocenters. The molecule has 1 aliphatic rings. The first-order valence-electron chi connectivity index (χ1n) is 7.18. The molecule has 1 rings (SSSR count). The predicted octanol–water partition coefficient (Wildman–Crippen LogP) is 1.86. The van der Waals surface area contributed by atoms with Gasteiger partial charge >= 0.3 is 0 Å². The lowest BCUT2D eigenvalue weighted by molar-refractivity contribution is 0.130. The van der Waals surface area contributed by atoms with Gasteiger partial charge in [-0.2, -0.15) is 0 Å². The highest BCUT2D eigenvalue weighted by Gasteiger charge is 2.24. The van der Waals surface area contributed by atoms with Crippen LogP contribution in [-0.2, 0) is 0 Å². The fourth-order valence-electron chi connectivity index (χ4n) is 2.34. The molecule has 1 fully saturated rings. The Bertz CT molecular complexity index is 202. The smallest absolute Gasteiger partial charge is 0.0611 e. The zero-order valence-electron chi connectivity index (χ0n) is 11.8. The molecule has 1 aliphatic heterocycles. The molecule has 0 radical (unpaired) electrons. The molecule has 1 saturated heterocycles. The van der Waals surface area contributed by atoms with Crippen molar-refractivity contribution in [3.63, 3.8) is 0 Å². The minimum atomic E-state index is -0.0981. The normalized spacial score (nSPS) is 22.6. The Morgan fingerprint density at radius 1 is 1.35 bits per heavy atom. The van der Waals surface area contributed by atoms with E-state index in [1.807, 2.05) is 0 Å². The summed E-state index contributed by atoms with van der Waals surface area (Å²) in [4.78, 5) is 2.54. The Labute approximate surface area is 107 Å². The standard InChI is InChI=1S/C14H30N2O/c1-4-8-15-14(3,12-17)7-11-16-9-5-13(2)6-10-16/h13,15,17H,4-12H2,1-3H3. The molecule has 2 N–H and O–H groups in total. The number of rotatable bonds is 7. The molecule has 3 nitrogen and oxygen atoms in total. The number of aliphatic hydroxyl groups is 1. The highest BCUT2D eigenvalue weighted by molar-refractivity contribution is 4.84. The van der Waals surface area contributed by atoms with Crippen molar-refractivity contribution in [2.75, 3.05) is 32.8 Å². The van der Waals surface area contributed by atoms with Gasteiger partial charge in [0.05, 0.1) is 6.61 Å². The second-order valence-corrected chi connectivity index (χ2v) is 5.92. The van der Waals surface area contributed by atoms with Crippen LogP contribution in [0.1, 0.15) is 46.5 Å². The van der Waals surface area contributed by atoms with Gasteiger partial charge in [-0.05, 0) is 64.7 Å². The lowest BCUT2D eigenvalue weighted by Gasteiger charge is -2.35. The first-order valence-corrected chi connectivity index (χ1v) is 7.18. The third kappa shape index (κ3) is 5.36. The molecule has 17 heavy (non-hydrogen) atoms. The van der Waals surface area contributed by atoms with Gasteiger partial charge in [0, 0.05) is 5.54 Å². The maximum Gasteiger partial charge on any atom is 0.0611 e. The average Bonchev–Trinajstić information content (AvgIpc) is 2.36. The number of likely N-dealkylation sites (tertiary alicyclic amines) is 1. The van der Waals surface area contributed by atoms with Gasteiger partial charge < -0.3 is 15.3 Å². The summed E-state index contributed by atoms with van der Waals surface area (Å²) >= 11 is 0. The van der Waals surface area contributed by atoms with E-state index in [-0.39, 0.29) is 12.1 Å². The van der Waals surface area contributed by atoms with Crippen molar-refractivity contribution in [3.8, 4) is 0 Å². The van der Waals surface area contributed by atoms with Gasteiger partial charge in [0.25, 0.3) is 0 Å². The number of hydrogen-bond donors (Lipinski definition) is 2. The van der Waals surface area contributed by atoms with Crippen LogP contribution >= 0.6 is 0 Å². The molecule has 0 aromatic rings. The molecule has 0 spiro atoms. The van der Waals surface area contributed by atoms with E-state index in [4.69, 9.17) is 0 Å². The maximum absolute atomic E-state index is 9.50. The molecule has 0 bridgehead atoms. The van der Waals surface area contributed by atoms with E-state index in [0.717, 1.165) is 31.8 Å². The largest absolute Gasteiger partial charge is 0.394 e. The summed E-state index contributed by atoms with van der Waals surface area (Å²) in [5.74, 6) is 0.897. The van der Waals surface area contributed by atoms with Gasteiger partial charge in [-0.15, -0.1) is 0 Å². The van der Waals surface area contributed by atoms with Crippen molar-refractivity contribution in [3.05, 3.63) is 0 Å². The molecular weight excluding hydrogens is 212 g/mol. The second kappa shape index (κ2) is 7.34. The first-order chi connectivity index (χ1) is 8.09. The summed E-state index contributed by atoms with van der Waals surface area (Å²) in [7, 11) is 0. The van der Waals surface area contributed by atoms with Gasteiger partial charge in [-0.3, -0.25) is 0 Å². The molecule has 0 amide bonds. The summed E-state index contributed by atoms with van der Waals surface area (Å²) in [5.41, 5.74) is -0.0981. The maximum atomic E-state index is 9.50. The summed E-state index contributed by atoms with van der Waals surface area (Å²) in [6, 6.07) is 0. The molecular formula is C14H30N2O. The van der Waals surface area contributed by atoms with Crippen LogP contribution in [0.2, 0.25) is 0 Å². The van der Waals surface area contributed by atoms with Crippen LogP contribution in [0.15, 0.2) is 0 Å². The van der Waals surface area contributed by atoms with Crippen molar-refractivity contribution in [1.29, 1.82) is 0 Å². The summed E-state index contributed by atoms with van der Waals surface area (Å²) in [6.07, 6.45) is 4.82. The van der Waals surface area contributed by atoms with E-state index in [0.29, 0.717) is 0 Å². The first kappa shape index (κ1) is 14.9. The molecule has 0 aromatic heterocycles. The van der Waals surface area contributed by atoms with Crippen LogP contribution in [0, 0.1) is 5.92 Å². The van der Waals surface area contributed by atoms with Crippen LogP contribution in [0.5, 0.6) is 0 Å². The summed E-state index contributed by atoms with van der Waals surface area (Å²) < 4.78 is 0. The number of piperidine rings is 1. The van der Waals surface area contributed by atoms with E-state index in [1.54, 1.807) is 0 Å². The minimum absolute atomic E-state index is 0.0981. The van der Waals surface area contributed by atoms with Gasteiger partial charge in [-0.25, -0.2) is 0 Å². The van der Waals surface area contributed by atoms with Crippen molar-refractivity contribution >= 4 is 0 Å². The van der Waals surface area contributed by atoms with E-state index in [9.17, 15) is 5.11 Å². The third-order valence-corrected chi connectivity index (χ3v) is 4.01. The molecule has 1 unspecified atom stereocenters. The zero-order chi connectivity index (χ0) is 12.7.